The Morgan fingerprint density at radius 3 is 2.32 bits per heavy atom. The van der Waals surface area contributed by atoms with E-state index in [9.17, 15) is 16.8 Å². The molecule has 0 aliphatic carbocycles. The summed E-state index contributed by atoms with van der Waals surface area (Å²) in [6, 6.07) is 5.72. The molecular weight excluding hydrogens is 310 g/mol. The lowest BCUT2D eigenvalue weighted by atomic mass is 10.0. The van der Waals surface area contributed by atoms with Crippen LogP contribution >= 0.6 is 11.6 Å². The highest BCUT2D eigenvalue weighted by molar-refractivity contribution is 7.92. The third-order valence-corrected chi connectivity index (χ3v) is 6.82. The Bertz CT molecular complexity index is 682. The highest BCUT2D eigenvalue weighted by Gasteiger charge is 2.41. The molecule has 1 aromatic rings. The Morgan fingerprint density at radius 2 is 1.84 bits per heavy atom. The molecule has 1 aromatic carbocycles. The summed E-state index contributed by atoms with van der Waals surface area (Å²) in [6.45, 7) is 1.60. The van der Waals surface area contributed by atoms with Gasteiger partial charge in [0, 0.05) is 10.6 Å². The lowest BCUT2D eigenvalue weighted by Gasteiger charge is -2.23. The first-order chi connectivity index (χ1) is 8.62. The van der Waals surface area contributed by atoms with Crippen molar-refractivity contribution in [2.24, 2.45) is 0 Å². The zero-order chi connectivity index (χ0) is 14.3. The molecule has 0 amide bonds. The number of nitrogens with one attached hydrogen (secondary N) is 1. The number of hydrogen-bond acceptors (Lipinski definition) is 4. The second kappa shape index (κ2) is 4.73. The highest BCUT2D eigenvalue weighted by Crippen LogP contribution is 2.25. The fraction of sp³-hybridized carbons (Fsp3) is 0.455. The van der Waals surface area contributed by atoms with Crippen LogP contribution in [0.15, 0.2) is 29.2 Å². The summed E-state index contributed by atoms with van der Waals surface area (Å²) >= 11 is 5.70. The van der Waals surface area contributed by atoms with Gasteiger partial charge in [-0.3, -0.25) is 0 Å². The molecule has 19 heavy (non-hydrogen) atoms. The summed E-state index contributed by atoms with van der Waals surface area (Å²) in [5.74, 6) is -0.167. The van der Waals surface area contributed by atoms with E-state index in [1.807, 2.05) is 0 Å². The predicted octanol–water partition coefficient (Wildman–Crippen LogP) is 1.20. The SMILES string of the molecule is C[C@@]1(NS(=O)(=O)c2ccc(Cl)cc2)CCS(=O)(=O)C1. The Hall–Kier alpha value is -0.630. The molecule has 1 fully saturated rings. The number of hydrogen-bond donors (Lipinski definition) is 1. The maximum absolute atomic E-state index is 12.2. The maximum Gasteiger partial charge on any atom is 0.241 e. The lowest BCUT2D eigenvalue weighted by molar-refractivity contribution is 0.462. The van der Waals surface area contributed by atoms with Crippen LogP contribution < -0.4 is 4.72 Å². The second-order valence-corrected chi connectivity index (χ2v) is 9.27. The van der Waals surface area contributed by atoms with Crippen LogP contribution in [0, 0.1) is 0 Å². The van der Waals surface area contributed by atoms with Crippen molar-refractivity contribution in [2.75, 3.05) is 11.5 Å². The van der Waals surface area contributed by atoms with Crippen molar-refractivity contribution in [3.63, 3.8) is 0 Å². The third kappa shape index (κ3) is 3.47. The van der Waals surface area contributed by atoms with E-state index in [0.29, 0.717) is 5.02 Å². The molecule has 1 saturated heterocycles. The van der Waals surface area contributed by atoms with E-state index in [-0.39, 0.29) is 22.8 Å². The maximum atomic E-state index is 12.2. The van der Waals surface area contributed by atoms with E-state index in [0.717, 1.165) is 0 Å². The third-order valence-electron chi connectivity index (χ3n) is 3.01. The van der Waals surface area contributed by atoms with Crippen LogP contribution in [0.1, 0.15) is 13.3 Å². The molecule has 0 bridgehead atoms. The van der Waals surface area contributed by atoms with Crippen LogP contribution in [0.3, 0.4) is 0 Å². The smallest absolute Gasteiger partial charge is 0.229 e. The Kier molecular flexibility index (Phi) is 3.68. The summed E-state index contributed by atoms with van der Waals surface area (Å²) in [7, 11) is -6.91. The number of sulfone groups is 1. The summed E-state index contributed by atoms with van der Waals surface area (Å²) in [5.41, 5.74) is -0.947. The van der Waals surface area contributed by atoms with Gasteiger partial charge < -0.3 is 0 Å². The minimum absolute atomic E-state index is 0.00659. The molecule has 1 N–H and O–H groups in total. The average Bonchev–Trinajstić information content (AvgIpc) is 2.52. The summed E-state index contributed by atoms with van der Waals surface area (Å²) in [5, 5.41) is 0.439. The van der Waals surface area contributed by atoms with Crippen molar-refractivity contribution in [2.45, 2.75) is 23.8 Å². The quantitative estimate of drug-likeness (QED) is 0.906. The highest BCUT2D eigenvalue weighted by atomic mass is 35.5. The first kappa shape index (κ1) is 14.8. The van der Waals surface area contributed by atoms with Gasteiger partial charge in [-0.05, 0) is 37.6 Å². The van der Waals surface area contributed by atoms with Gasteiger partial charge in [0.15, 0.2) is 9.84 Å². The first-order valence-corrected chi connectivity index (χ1v) is 9.30. The van der Waals surface area contributed by atoms with E-state index < -0.39 is 25.4 Å². The fourth-order valence-electron chi connectivity index (χ4n) is 2.09. The van der Waals surface area contributed by atoms with Gasteiger partial charge in [0.2, 0.25) is 10.0 Å². The average molecular weight is 324 g/mol. The molecular formula is C11H14ClNO4S2. The van der Waals surface area contributed by atoms with E-state index in [1.165, 1.54) is 24.3 Å². The molecule has 0 radical (unpaired) electrons. The molecule has 0 unspecified atom stereocenters. The van der Waals surface area contributed by atoms with Crippen molar-refractivity contribution < 1.29 is 16.8 Å². The number of sulfonamides is 1. The molecule has 1 heterocycles. The van der Waals surface area contributed by atoms with Crippen LogP contribution in [-0.2, 0) is 19.9 Å². The minimum Gasteiger partial charge on any atom is -0.229 e. The van der Waals surface area contributed by atoms with Gasteiger partial charge in [-0.1, -0.05) is 11.6 Å². The van der Waals surface area contributed by atoms with E-state index >= 15 is 0 Å². The van der Waals surface area contributed by atoms with Crippen LogP contribution in [0.2, 0.25) is 5.02 Å². The number of rotatable bonds is 3. The second-order valence-electron chi connectivity index (χ2n) is 4.96. The normalized spacial score (nSPS) is 26.4. The Morgan fingerprint density at radius 1 is 1.26 bits per heavy atom. The fourth-order valence-corrected chi connectivity index (χ4v) is 5.83. The molecule has 1 aliphatic rings. The van der Waals surface area contributed by atoms with Crippen molar-refractivity contribution in [1.82, 2.24) is 4.72 Å². The molecule has 1 atom stereocenters. The topological polar surface area (TPSA) is 80.3 Å². The number of benzene rings is 1. The molecule has 0 saturated carbocycles. The molecule has 0 spiro atoms. The molecule has 1 aliphatic heterocycles. The largest absolute Gasteiger partial charge is 0.241 e. The Labute approximate surface area is 117 Å². The predicted molar refractivity (Wildman–Crippen MR) is 73.4 cm³/mol. The summed E-state index contributed by atoms with van der Waals surface area (Å²) in [4.78, 5) is 0.0717. The van der Waals surface area contributed by atoms with Gasteiger partial charge in [0.05, 0.1) is 16.4 Å². The minimum atomic E-state index is -3.74. The van der Waals surface area contributed by atoms with Gasteiger partial charge in [0.1, 0.15) is 0 Å². The van der Waals surface area contributed by atoms with Crippen LogP contribution in [-0.4, -0.2) is 33.9 Å². The van der Waals surface area contributed by atoms with Crippen LogP contribution in [0.4, 0.5) is 0 Å². The Balaban J connectivity index is 2.25. The van der Waals surface area contributed by atoms with Gasteiger partial charge >= 0.3 is 0 Å². The van der Waals surface area contributed by atoms with Gasteiger partial charge in [-0.25, -0.2) is 21.6 Å². The van der Waals surface area contributed by atoms with Gasteiger partial charge in [-0.2, -0.15) is 0 Å². The first-order valence-electron chi connectivity index (χ1n) is 5.62. The van der Waals surface area contributed by atoms with E-state index in [4.69, 9.17) is 11.6 Å². The summed E-state index contributed by atoms with van der Waals surface area (Å²) < 4.78 is 49.7. The van der Waals surface area contributed by atoms with E-state index in [1.54, 1.807) is 6.92 Å². The zero-order valence-corrected chi connectivity index (χ0v) is 12.6. The zero-order valence-electron chi connectivity index (χ0n) is 10.3. The van der Waals surface area contributed by atoms with Crippen molar-refractivity contribution >= 4 is 31.5 Å². The van der Waals surface area contributed by atoms with Crippen molar-refractivity contribution in [3.8, 4) is 0 Å². The summed E-state index contributed by atoms with van der Waals surface area (Å²) in [6.07, 6.45) is 0.280. The molecule has 5 nitrogen and oxygen atoms in total. The monoisotopic (exact) mass is 323 g/mol. The van der Waals surface area contributed by atoms with Crippen molar-refractivity contribution in [3.05, 3.63) is 29.3 Å². The standard InChI is InChI=1S/C11H14ClNO4S2/c1-11(6-7-18(14,15)8-11)13-19(16,17)10-4-2-9(12)3-5-10/h2-5,13H,6-8H2,1H3/t11-/m1/s1. The molecule has 0 aromatic heterocycles. The number of halogens is 1. The molecule has 106 valence electrons. The van der Waals surface area contributed by atoms with Gasteiger partial charge in [-0.15, -0.1) is 0 Å². The van der Waals surface area contributed by atoms with Gasteiger partial charge in [0.25, 0.3) is 0 Å². The van der Waals surface area contributed by atoms with E-state index in [2.05, 4.69) is 4.72 Å². The molecule has 8 heteroatoms. The van der Waals surface area contributed by atoms with Crippen molar-refractivity contribution in [1.29, 1.82) is 0 Å². The lowest BCUT2D eigenvalue weighted by Crippen LogP contribution is -2.46. The van der Waals surface area contributed by atoms with Crippen LogP contribution in [0.25, 0.3) is 0 Å². The van der Waals surface area contributed by atoms with Crippen LogP contribution in [0.5, 0.6) is 0 Å². The molecule has 2 rings (SSSR count).